The van der Waals surface area contributed by atoms with E-state index >= 15 is 0 Å². The molecule has 0 aliphatic heterocycles. The number of carbonyl (C=O) groups is 1. The number of carbonyl (C=O) groups excluding carboxylic acids is 1. The van der Waals surface area contributed by atoms with Crippen molar-refractivity contribution < 1.29 is 18.3 Å². The molecule has 19 heavy (non-hydrogen) atoms. The van der Waals surface area contributed by atoms with Gasteiger partial charge in [-0.1, -0.05) is 6.07 Å². The van der Waals surface area contributed by atoms with Gasteiger partial charge in [0.25, 0.3) is 0 Å². The van der Waals surface area contributed by atoms with Crippen molar-refractivity contribution >= 4 is 18.4 Å². The number of benzene rings is 1. The van der Waals surface area contributed by atoms with Crippen molar-refractivity contribution in [2.45, 2.75) is 38.8 Å². The van der Waals surface area contributed by atoms with Gasteiger partial charge in [-0.15, -0.1) is 12.4 Å². The Balaban J connectivity index is 0.00000324. The van der Waals surface area contributed by atoms with E-state index in [0.717, 1.165) is 12.1 Å². The van der Waals surface area contributed by atoms with E-state index < -0.39 is 29.2 Å². The molecule has 0 spiro atoms. The second-order valence-corrected chi connectivity index (χ2v) is 5.03. The van der Waals surface area contributed by atoms with E-state index in [0.29, 0.717) is 0 Å². The molecule has 6 heteroatoms. The number of nitrogens with two attached hydrogens (primary N) is 1. The smallest absolute Gasteiger partial charge is 0.308 e. The highest BCUT2D eigenvalue weighted by Gasteiger charge is 2.23. The summed E-state index contributed by atoms with van der Waals surface area (Å²) in [6.45, 7) is 5.13. The first-order chi connectivity index (χ1) is 8.20. The fraction of sp³-hybridized carbons (Fsp3) is 0.462. The van der Waals surface area contributed by atoms with Crippen LogP contribution in [0.4, 0.5) is 8.78 Å². The first-order valence-corrected chi connectivity index (χ1v) is 5.62. The van der Waals surface area contributed by atoms with Crippen LogP contribution in [0.1, 0.15) is 38.8 Å². The maximum absolute atomic E-state index is 13.4. The first-order valence-electron chi connectivity index (χ1n) is 5.62. The van der Waals surface area contributed by atoms with Crippen LogP contribution in [0.5, 0.6) is 0 Å². The number of hydrogen-bond acceptors (Lipinski definition) is 3. The maximum Gasteiger partial charge on any atom is 0.308 e. The highest BCUT2D eigenvalue weighted by Crippen LogP contribution is 2.22. The summed E-state index contributed by atoms with van der Waals surface area (Å²) < 4.78 is 31.9. The van der Waals surface area contributed by atoms with Crippen LogP contribution in [-0.2, 0) is 9.53 Å². The summed E-state index contributed by atoms with van der Waals surface area (Å²) in [6.07, 6.45) is -0.269. The third kappa shape index (κ3) is 5.53. The number of ether oxygens (including phenoxy) is 1. The van der Waals surface area contributed by atoms with Gasteiger partial charge >= 0.3 is 5.97 Å². The molecule has 0 saturated carbocycles. The summed E-state index contributed by atoms with van der Waals surface area (Å²) in [6, 6.07) is 2.40. The van der Waals surface area contributed by atoms with Gasteiger partial charge in [0.05, 0.1) is 6.42 Å². The molecule has 108 valence electrons. The largest absolute Gasteiger partial charge is 0.460 e. The lowest BCUT2D eigenvalue weighted by Gasteiger charge is -2.21. The summed E-state index contributed by atoms with van der Waals surface area (Å²) in [5.74, 6) is -2.10. The van der Waals surface area contributed by atoms with Crippen LogP contribution in [-0.4, -0.2) is 11.6 Å². The van der Waals surface area contributed by atoms with Gasteiger partial charge in [0.2, 0.25) is 0 Å². The van der Waals surface area contributed by atoms with Gasteiger partial charge in [0, 0.05) is 11.6 Å². The fourth-order valence-corrected chi connectivity index (χ4v) is 1.53. The van der Waals surface area contributed by atoms with Crippen LogP contribution in [0.2, 0.25) is 0 Å². The molecule has 1 aromatic rings. The normalized spacial score (nSPS) is 12.5. The van der Waals surface area contributed by atoms with Crippen molar-refractivity contribution in [2.24, 2.45) is 5.73 Å². The van der Waals surface area contributed by atoms with E-state index in [1.54, 1.807) is 20.8 Å². The fourth-order valence-electron chi connectivity index (χ4n) is 1.53. The van der Waals surface area contributed by atoms with E-state index in [1.165, 1.54) is 6.07 Å². The zero-order valence-electron chi connectivity index (χ0n) is 11.1. The van der Waals surface area contributed by atoms with Crippen molar-refractivity contribution in [1.29, 1.82) is 0 Å². The van der Waals surface area contributed by atoms with E-state index in [1.807, 2.05) is 0 Å². The molecule has 0 heterocycles. The zero-order chi connectivity index (χ0) is 13.9. The predicted molar refractivity (Wildman–Crippen MR) is 71.0 cm³/mol. The summed E-state index contributed by atoms with van der Waals surface area (Å²) >= 11 is 0. The SMILES string of the molecule is CC(C)(C)OC(=O)C[C@@H](N)c1c(F)cccc1F.Cl. The van der Waals surface area contributed by atoms with E-state index in [4.69, 9.17) is 10.5 Å². The minimum atomic E-state index is -1.05. The van der Waals surface area contributed by atoms with Gasteiger partial charge in [-0.05, 0) is 32.9 Å². The van der Waals surface area contributed by atoms with Crippen LogP contribution in [0.3, 0.4) is 0 Å². The third-order valence-corrected chi connectivity index (χ3v) is 2.18. The van der Waals surface area contributed by atoms with E-state index in [9.17, 15) is 13.6 Å². The van der Waals surface area contributed by atoms with Gasteiger partial charge in [-0.3, -0.25) is 4.79 Å². The van der Waals surface area contributed by atoms with Crippen molar-refractivity contribution in [2.75, 3.05) is 0 Å². The van der Waals surface area contributed by atoms with Crippen molar-refractivity contribution in [3.63, 3.8) is 0 Å². The summed E-state index contributed by atoms with van der Waals surface area (Å²) in [5, 5.41) is 0. The quantitative estimate of drug-likeness (QED) is 0.871. The van der Waals surface area contributed by atoms with Crippen molar-refractivity contribution in [3.8, 4) is 0 Å². The molecular weight excluding hydrogens is 276 g/mol. The number of rotatable bonds is 3. The Hall–Kier alpha value is -1.20. The average Bonchev–Trinajstić information content (AvgIpc) is 2.13. The predicted octanol–water partition coefficient (Wildman–Crippen LogP) is 3.12. The summed E-state index contributed by atoms with van der Waals surface area (Å²) in [5.41, 5.74) is 4.70. The zero-order valence-corrected chi connectivity index (χ0v) is 11.9. The number of esters is 1. The second kappa shape index (κ2) is 6.82. The molecule has 1 rings (SSSR count). The van der Waals surface area contributed by atoms with Crippen molar-refractivity contribution in [3.05, 3.63) is 35.4 Å². The Kier molecular flexibility index (Phi) is 6.39. The molecule has 3 nitrogen and oxygen atoms in total. The molecule has 0 bridgehead atoms. The lowest BCUT2D eigenvalue weighted by atomic mass is 10.0. The maximum atomic E-state index is 13.4. The van der Waals surface area contributed by atoms with Gasteiger partial charge in [-0.25, -0.2) is 8.78 Å². The number of hydrogen-bond donors (Lipinski definition) is 1. The average molecular weight is 294 g/mol. The minimum absolute atomic E-state index is 0. The lowest BCUT2D eigenvalue weighted by Crippen LogP contribution is -2.27. The number of halogens is 3. The Morgan fingerprint density at radius 2 is 1.79 bits per heavy atom. The summed E-state index contributed by atoms with van der Waals surface area (Å²) in [7, 11) is 0. The van der Waals surface area contributed by atoms with Gasteiger partial charge in [0.1, 0.15) is 17.2 Å². The molecule has 0 aromatic heterocycles. The minimum Gasteiger partial charge on any atom is -0.460 e. The molecule has 0 unspecified atom stereocenters. The van der Waals surface area contributed by atoms with Gasteiger partial charge < -0.3 is 10.5 Å². The van der Waals surface area contributed by atoms with Crippen LogP contribution in [0.25, 0.3) is 0 Å². The molecule has 1 atom stereocenters. The van der Waals surface area contributed by atoms with E-state index in [2.05, 4.69) is 0 Å². The Morgan fingerprint density at radius 1 is 1.32 bits per heavy atom. The lowest BCUT2D eigenvalue weighted by molar-refractivity contribution is -0.155. The van der Waals surface area contributed by atoms with Crippen LogP contribution >= 0.6 is 12.4 Å². The van der Waals surface area contributed by atoms with Gasteiger partial charge in [0.15, 0.2) is 0 Å². The Morgan fingerprint density at radius 3 is 2.21 bits per heavy atom. The van der Waals surface area contributed by atoms with Crippen LogP contribution < -0.4 is 5.73 Å². The first kappa shape index (κ1) is 17.8. The Labute approximate surface area is 117 Å². The van der Waals surface area contributed by atoms with Gasteiger partial charge in [-0.2, -0.15) is 0 Å². The van der Waals surface area contributed by atoms with Crippen molar-refractivity contribution in [1.82, 2.24) is 0 Å². The molecular formula is C13H18ClF2NO2. The summed E-state index contributed by atoms with van der Waals surface area (Å²) in [4.78, 5) is 11.5. The monoisotopic (exact) mass is 293 g/mol. The highest BCUT2D eigenvalue weighted by atomic mass is 35.5. The van der Waals surface area contributed by atoms with Crippen LogP contribution in [0, 0.1) is 11.6 Å². The van der Waals surface area contributed by atoms with Crippen LogP contribution in [0.15, 0.2) is 18.2 Å². The van der Waals surface area contributed by atoms with E-state index in [-0.39, 0.29) is 24.4 Å². The topological polar surface area (TPSA) is 52.3 Å². The molecule has 0 aliphatic carbocycles. The highest BCUT2D eigenvalue weighted by molar-refractivity contribution is 5.85. The second-order valence-electron chi connectivity index (χ2n) is 5.03. The standard InChI is InChI=1S/C13H17F2NO2.ClH/c1-13(2,3)18-11(17)7-10(16)12-8(14)5-4-6-9(12)15;/h4-6,10H,7,16H2,1-3H3;1H/t10-;/m1./s1. The molecule has 0 radical (unpaired) electrons. The molecule has 2 N–H and O–H groups in total. The molecule has 0 fully saturated rings. The Bertz CT molecular complexity index is 427. The molecule has 0 aliphatic rings. The molecule has 1 aromatic carbocycles. The third-order valence-electron chi connectivity index (χ3n) is 2.18. The molecule has 0 amide bonds. The molecule has 0 saturated heterocycles.